The topological polar surface area (TPSA) is 37.3 Å². The molecule has 0 aromatic heterocycles. The Kier molecular flexibility index (Phi) is 16.9. The predicted molar refractivity (Wildman–Crippen MR) is 106 cm³/mol. The molecule has 0 aliphatic rings. The minimum Gasteiger partial charge on any atom is -0.481 e. The summed E-state index contributed by atoms with van der Waals surface area (Å²) in [4.78, 5) is 10.5. The van der Waals surface area contributed by atoms with E-state index in [1.54, 1.807) is 0 Å². The third-order valence-electron chi connectivity index (χ3n) is 5.58. The maximum Gasteiger partial charge on any atom is 0.303 e. The number of unbranched alkanes of at least 4 members (excludes halogenated alkanes) is 6. The van der Waals surface area contributed by atoms with Crippen LogP contribution in [0.1, 0.15) is 124 Å². The van der Waals surface area contributed by atoms with E-state index >= 15 is 0 Å². The van der Waals surface area contributed by atoms with Gasteiger partial charge in [-0.05, 0) is 18.3 Å². The van der Waals surface area contributed by atoms with Gasteiger partial charge in [0.25, 0.3) is 0 Å². The van der Waals surface area contributed by atoms with Gasteiger partial charge in [0.2, 0.25) is 0 Å². The van der Waals surface area contributed by atoms with Gasteiger partial charge in [-0.25, -0.2) is 0 Å². The lowest BCUT2D eigenvalue weighted by Crippen LogP contribution is -2.00. The number of carboxylic acids is 1. The van der Waals surface area contributed by atoms with Gasteiger partial charge in [-0.2, -0.15) is 0 Å². The van der Waals surface area contributed by atoms with Gasteiger partial charge in [0.1, 0.15) is 0 Å². The highest BCUT2D eigenvalue weighted by Crippen LogP contribution is 2.22. The highest BCUT2D eigenvalue weighted by Gasteiger charge is 2.07. The van der Waals surface area contributed by atoms with Crippen molar-refractivity contribution in [1.82, 2.24) is 0 Å². The minimum atomic E-state index is -0.651. The first-order valence-electron chi connectivity index (χ1n) is 10.9. The molecule has 0 fully saturated rings. The van der Waals surface area contributed by atoms with E-state index in [-0.39, 0.29) is 0 Å². The Morgan fingerprint density at radius 1 is 0.667 bits per heavy atom. The van der Waals surface area contributed by atoms with Crippen molar-refractivity contribution < 1.29 is 9.90 Å². The van der Waals surface area contributed by atoms with Crippen LogP contribution in [0.25, 0.3) is 0 Å². The molecular formula is C22H44O2. The Bertz CT molecular complexity index is 275. The standard InChI is InChI=1S/C22H44O2/c1-4-15-20(5-2)16-11-8-7-9-12-17-21(6-3)18-13-10-14-19-22(23)24/h20-21H,4-19H2,1-3H3,(H,23,24). The van der Waals surface area contributed by atoms with E-state index < -0.39 is 5.97 Å². The van der Waals surface area contributed by atoms with E-state index in [0.717, 1.165) is 24.7 Å². The Hall–Kier alpha value is -0.530. The maximum absolute atomic E-state index is 10.5. The van der Waals surface area contributed by atoms with Crippen LogP contribution >= 0.6 is 0 Å². The first-order chi connectivity index (χ1) is 11.6. The zero-order valence-corrected chi connectivity index (χ0v) is 16.8. The largest absolute Gasteiger partial charge is 0.481 e. The van der Waals surface area contributed by atoms with Crippen molar-refractivity contribution in [2.24, 2.45) is 11.8 Å². The van der Waals surface area contributed by atoms with Crippen LogP contribution < -0.4 is 0 Å². The first kappa shape index (κ1) is 23.5. The van der Waals surface area contributed by atoms with Gasteiger partial charge in [0.15, 0.2) is 0 Å². The van der Waals surface area contributed by atoms with E-state index in [2.05, 4.69) is 20.8 Å². The Morgan fingerprint density at radius 3 is 1.50 bits per heavy atom. The molecule has 0 radical (unpaired) electrons. The second-order valence-corrected chi connectivity index (χ2v) is 7.68. The van der Waals surface area contributed by atoms with E-state index in [1.165, 1.54) is 83.5 Å². The number of rotatable bonds is 18. The fraction of sp³-hybridized carbons (Fsp3) is 0.955. The normalized spacial score (nSPS) is 13.8. The average Bonchev–Trinajstić information content (AvgIpc) is 2.57. The molecule has 144 valence electrons. The van der Waals surface area contributed by atoms with Gasteiger partial charge in [-0.3, -0.25) is 4.79 Å². The molecule has 2 heteroatoms. The van der Waals surface area contributed by atoms with Crippen molar-refractivity contribution in [2.75, 3.05) is 0 Å². The average molecular weight is 341 g/mol. The molecule has 0 aliphatic heterocycles. The van der Waals surface area contributed by atoms with Crippen LogP contribution in [-0.2, 0) is 4.79 Å². The molecule has 2 nitrogen and oxygen atoms in total. The van der Waals surface area contributed by atoms with E-state index in [1.807, 2.05) is 0 Å². The van der Waals surface area contributed by atoms with Gasteiger partial charge < -0.3 is 5.11 Å². The van der Waals surface area contributed by atoms with Gasteiger partial charge >= 0.3 is 5.97 Å². The number of aliphatic carboxylic acids is 1. The van der Waals surface area contributed by atoms with Gasteiger partial charge in [0.05, 0.1) is 0 Å². The van der Waals surface area contributed by atoms with Crippen molar-refractivity contribution in [2.45, 2.75) is 124 Å². The van der Waals surface area contributed by atoms with Gasteiger partial charge in [-0.15, -0.1) is 0 Å². The molecule has 0 rings (SSSR count). The lowest BCUT2D eigenvalue weighted by molar-refractivity contribution is -0.137. The summed E-state index contributed by atoms with van der Waals surface area (Å²) in [6.07, 6.45) is 20.1. The fourth-order valence-electron chi connectivity index (χ4n) is 3.80. The molecule has 1 N–H and O–H groups in total. The molecule has 0 heterocycles. The van der Waals surface area contributed by atoms with Crippen LogP contribution in [0.5, 0.6) is 0 Å². The fourth-order valence-corrected chi connectivity index (χ4v) is 3.80. The SMILES string of the molecule is CCCC(CC)CCCCCCCC(CC)CCCCCC(=O)O. The summed E-state index contributed by atoms with van der Waals surface area (Å²) in [5, 5.41) is 8.64. The lowest BCUT2D eigenvalue weighted by Gasteiger charge is -2.15. The smallest absolute Gasteiger partial charge is 0.303 e. The van der Waals surface area contributed by atoms with Crippen LogP contribution in [-0.4, -0.2) is 11.1 Å². The summed E-state index contributed by atoms with van der Waals surface area (Å²) < 4.78 is 0. The van der Waals surface area contributed by atoms with E-state index in [0.29, 0.717) is 6.42 Å². The van der Waals surface area contributed by atoms with Crippen LogP contribution in [0.4, 0.5) is 0 Å². The lowest BCUT2D eigenvalue weighted by atomic mass is 9.91. The highest BCUT2D eigenvalue weighted by atomic mass is 16.4. The zero-order valence-electron chi connectivity index (χ0n) is 16.8. The molecule has 0 spiro atoms. The van der Waals surface area contributed by atoms with Crippen molar-refractivity contribution in [3.05, 3.63) is 0 Å². The molecule has 0 amide bonds. The molecule has 0 aromatic rings. The van der Waals surface area contributed by atoms with Crippen LogP contribution in [0.3, 0.4) is 0 Å². The third kappa shape index (κ3) is 15.0. The zero-order chi connectivity index (χ0) is 18.0. The second-order valence-electron chi connectivity index (χ2n) is 7.68. The van der Waals surface area contributed by atoms with Crippen LogP contribution in [0, 0.1) is 11.8 Å². The summed E-state index contributed by atoms with van der Waals surface area (Å²) in [6.45, 7) is 6.95. The molecule has 0 saturated carbocycles. The van der Waals surface area contributed by atoms with Crippen molar-refractivity contribution in [1.29, 1.82) is 0 Å². The predicted octanol–water partition coefficient (Wildman–Crippen LogP) is 7.60. The van der Waals surface area contributed by atoms with E-state index in [9.17, 15) is 4.79 Å². The van der Waals surface area contributed by atoms with Crippen molar-refractivity contribution >= 4 is 5.97 Å². The Labute approximate surface area is 151 Å². The molecular weight excluding hydrogens is 296 g/mol. The summed E-state index contributed by atoms with van der Waals surface area (Å²) in [7, 11) is 0. The first-order valence-corrected chi connectivity index (χ1v) is 10.9. The summed E-state index contributed by atoms with van der Waals surface area (Å²) in [5.41, 5.74) is 0. The minimum absolute atomic E-state index is 0.341. The van der Waals surface area contributed by atoms with E-state index in [4.69, 9.17) is 5.11 Å². The van der Waals surface area contributed by atoms with Gasteiger partial charge in [-0.1, -0.05) is 111 Å². The number of hydrogen-bond acceptors (Lipinski definition) is 1. The molecule has 0 bridgehead atoms. The van der Waals surface area contributed by atoms with Gasteiger partial charge in [0, 0.05) is 6.42 Å². The number of carboxylic acid groups (broad SMARTS) is 1. The Morgan fingerprint density at radius 2 is 1.08 bits per heavy atom. The third-order valence-corrected chi connectivity index (χ3v) is 5.58. The molecule has 0 aromatic carbocycles. The quantitative estimate of drug-likeness (QED) is 0.261. The van der Waals surface area contributed by atoms with Crippen molar-refractivity contribution in [3.8, 4) is 0 Å². The summed E-state index contributed by atoms with van der Waals surface area (Å²) in [5.74, 6) is 1.19. The summed E-state index contributed by atoms with van der Waals surface area (Å²) >= 11 is 0. The summed E-state index contributed by atoms with van der Waals surface area (Å²) in [6, 6.07) is 0. The monoisotopic (exact) mass is 340 g/mol. The highest BCUT2D eigenvalue weighted by molar-refractivity contribution is 5.66. The maximum atomic E-state index is 10.5. The molecule has 0 aliphatic carbocycles. The van der Waals surface area contributed by atoms with Crippen molar-refractivity contribution in [3.63, 3.8) is 0 Å². The Balaban J connectivity index is 3.47. The number of carbonyl (C=O) groups is 1. The molecule has 2 atom stereocenters. The van der Waals surface area contributed by atoms with Crippen LogP contribution in [0.15, 0.2) is 0 Å². The molecule has 2 unspecified atom stereocenters. The number of hydrogen-bond donors (Lipinski definition) is 1. The second kappa shape index (κ2) is 17.3. The molecule has 0 saturated heterocycles. The molecule has 24 heavy (non-hydrogen) atoms. The van der Waals surface area contributed by atoms with Crippen LogP contribution in [0.2, 0.25) is 0 Å².